The number of aromatic nitrogens is 4. The van der Waals surface area contributed by atoms with Crippen molar-refractivity contribution in [2.24, 2.45) is 0 Å². The van der Waals surface area contributed by atoms with Crippen LogP contribution in [0.1, 0.15) is 5.69 Å². The van der Waals surface area contributed by atoms with Gasteiger partial charge < -0.3 is 10.1 Å². The van der Waals surface area contributed by atoms with Crippen LogP contribution in [0.25, 0.3) is 16.7 Å². The topological polar surface area (TPSA) is 109 Å². The van der Waals surface area contributed by atoms with Crippen molar-refractivity contribution >= 4 is 50.3 Å². The number of nitrogens with zero attached hydrogens (tertiary/aromatic N) is 3. The highest BCUT2D eigenvalue weighted by Crippen LogP contribution is 2.25. The minimum Gasteiger partial charge on any atom is -0.495 e. The van der Waals surface area contributed by atoms with Crippen LogP contribution in [0.15, 0.2) is 58.2 Å². The number of carbonyl (C=O) groups is 1. The SMILES string of the molecule is COc1ccccc1NC(=O)CSc1nc2n[nH]c(C)c2c(=N)n1-c1ccc(Br)cc1. The van der Waals surface area contributed by atoms with Crippen molar-refractivity contribution < 1.29 is 9.53 Å². The Labute approximate surface area is 190 Å². The van der Waals surface area contributed by atoms with Gasteiger partial charge in [-0.1, -0.05) is 39.8 Å². The van der Waals surface area contributed by atoms with Crippen molar-refractivity contribution in [1.29, 1.82) is 5.41 Å². The lowest BCUT2D eigenvalue weighted by Gasteiger charge is -2.14. The third-order valence-corrected chi connectivity index (χ3v) is 6.05. The van der Waals surface area contributed by atoms with E-state index >= 15 is 0 Å². The number of rotatable bonds is 6. The van der Waals surface area contributed by atoms with Gasteiger partial charge in [0.2, 0.25) is 5.91 Å². The first-order valence-electron chi connectivity index (χ1n) is 9.32. The van der Waals surface area contributed by atoms with Gasteiger partial charge in [0.25, 0.3) is 0 Å². The van der Waals surface area contributed by atoms with Crippen molar-refractivity contribution in [1.82, 2.24) is 19.7 Å². The van der Waals surface area contributed by atoms with Crippen molar-refractivity contribution in [3.05, 3.63) is 64.2 Å². The molecule has 0 aliphatic heterocycles. The molecule has 158 valence electrons. The molecule has 2 aromatic carbocycles. The number of para-hydroxylation sites is 2. The molecule has 0 atom stereocenters. The molecule has 2 heterocycles. The normalized spacial score (nSPS) is 10.9. The maximum Gasteiger partial charge on any atom is 0.234 e. The molecule has 0 saturated heterocycles. The number of halogens is 1. The monoisotopic (exact) mass is 498 g/mol. The van der Waals surface area contributed by atoms with Crippen LogP contribution in [0.3, 0.4) is 0 Å². The minimum atomic E-state index is -0.205. The van der Waals surface area contributed by atoms with Crippen LogP contribution >= 0.6 is 27.7 Å². The lowest BCUT2D eigenvalue weighted by Crippen LogP contribution is -2.23. The van der Waals surface area contributed by atoms with Crippen LogP contribution in [-0.4, -0.2) is 38.5 Å². The number of aromatic amines is 1. The smallest absolute Gasteiger partial charge is 0.234 e. The summed E-state index contributed by atoms with van der Waals surface area (Å²) in [5, 5.41) is 19.9. The molecule has 0 radical (unpaired) electrons. The maximum absolute atomic E-state index is 12.6. The van der Waals surface area contributed by atoms with Gasteiger partial charge in [-0.15, -0.1) is 0 Å². The van der Waals surface area contributed by atoms with Crippen LogP contribution in [-0.2, 0) is 4.79 Å². The Morgan fingerprint density at radius 2 is 2.00 bits per heavy atom. The summed E-state index contributed by atoms with van der Waals surface area (Å²) in [5.41, 5.74) is 2.85. The van der Waals surface area contributed by atoms with E-state index in [1.807, 2.05) is 43.3 Å². The van der Waals surface area contributed by atoms with Crippen molar-refractivity contribution in [3.63, 3.8) is 0 Å². The number of fused-ring (bicyclic) bond motifs is 1. The highest BCUT2D eigenvalue weighted by molar-refractivity contribution is 9.10. The van der Waals surface area contributed by atoms with E-state index in [1.54, 1.807) is 23.8 Å². The number of nitrogens with one attached hydrogen (secondary N) is 3. The Morgan fingerprint density at radius 1 is 1.26 bits per heavy atom. The van der Waals surface area contributed by atoms with Crippen molar-refractivity contribution in [2.45, 2.75) is 12.1 Å². The number of H-pyrrole nitrogens is 1. The first-order valence-corrected chi connectivity index (χ1v) is 11.1. The largest absolute Gasteiger partial charge is 0.495 e. The second kappa shape index (κ2) is 8.94. The van der Waals surface area contributed by atoms with E-state index < -0.39 is 0 Å². The number of anilines is 1. The van der Waals surface area contributed by atoms with Gasteiger partial charge in [-0.05, 0) is 43.3 Å². The van der Waals surface area contributed by atoms with Gasteiger partial charge in [-0.3, -0.25) is 19.9 Å². The molecule has 2 aromatic heterocycles. The number of methoxy groups -OCH3 is 1. The Balaban J connectivity index is 1.66. The van der Waals surface area contributed by atoms with Gasteiger partial charge in [0, 0.05) is 15.9 Å². The molecule has 0 aliphatic carbocycles. The predicted octanol–water partition coefficient (Wildman–Crippen LogP) is 4.04. The first-order chi connectivity index (χ1) is 15.0. The second-order valence-electron chi connectivity index (χ2n) is 6.64. The number of hydrogen-bond donors (Lipinski definition) is 3. The Hall–Kier alpha value is -3.11. The lowest BCUT2D eigenvalue weighted by molar-refractivity contribution is -0.113. The number of aryl methyl sites for hydroxylation is 1. The third kappa shape index (κ3) is 4.35. The molecule has 0 spiro atoms. The predicted molar refractivity (Wildman–Crippen MR) is 124 cm³/mol. The van der Waals surface area contributed by atoms with Crippen LogP contribution in [0.5, 0.6) is 5.75 Å². The quantitative estimate of drug-likeness (QED) is 0.274. The summed E-state index contributed by atoms with van der Waals surface area (Å²) in [4.78, 5) is 17.2. The number of carbonyl (C=O) groups excluding carboxylic acids is 1. The molecule has 0 bridgehead atoms. The van der Waals surface area contributed by atoms with Gasteiger partial charge >= 0.3 is 0 Å². The lowest BCUT2D eigenvalue weighted by atomic mass is 10.3. The zero-order valence-electron chi connectivity index (χ0n) is 16.8. The van der Waals surface area contributed by atoms with Crippen LogP contribution < -0.4 is 15.5 Å². The third-order valence-electron chi connectivity index (χ3n) is 4.58. The van der Waals surface area contributed by atoms with Gasteiger partial charge in [-0.25, -0.2) is 4.98 Å². The Bertz CT molecular complexity index is 1320. The highest BCUT2D eigenvalue weighted by atomic mass is 79.9. The fraction of sp³-hybridized carbons (Fsp3) is 0.143. The summed E-state index contributed by atoms with van der Waals surface area (Å²) in [6, 6.07) is 14.8. The summed E-state index contributed by atoms with van der Waals surface area (Å²) < 4.78 is 7.94. The molecule has 8 nitrogen and oxygen atoms in total. The van der Waals surface area contributed by atoms with E-state index in [4.69, 9.17) is 10.1 Å². The van der Waals surface area contributed by atoms with E-state index in [0.717, 1.165) is 15.9 Å². The van der Waals surface area contributed by atoms with Gasteiger partial charge in [0.05, 0.1) is 23.9 Å². The Kier molecular flexibility index (Phi) is 6.10. The van der Waals surface area contributed by atoms with Crippen LogP contribution in [0, 0.1) is 12.3 Å². The highest BCUT2D eigenvalue weighted by Gasteiger charge is 2.16. The minimum absolute atomic E-state index is 0.107. The summed E-state index contributed by atoms with van der Waals surface area (Å²) in [7, 11) is 1.56. The molecule has 31 heavy (non-hydrogen) atoms. The number of benzene rings is 2. The zero-order chi connectivity index (χ0) is 22.0. The van der Waals surface area contributed by atoms with Crippen LogP contribution in [0.4, 0.5) is 5.69 Å². The molecule has 4 rings (SSSR count). The van der Waals surface area contributed by atoms with Crippen molar-refractivity contribution in [3.8, 4) is 11.4 Å². The molecule has 0 saturated carbocycles. The van der Waals surface area contributed by atoms with E-state index in [1.165, 1.54) is 11.8 Å². The molecular formula is C21H19BrN6O2S. The molecular weight excluding hydrogens is 480 g/mol. The standard InChI is InChI=1S/C21H19BrN6O2S/c1-12-18-19(23)28(14-9-7-13(22)8-10-14)21(25-20(18)27-26-12)31-11-17(29)24-15-5-3-4-6-16(15)30-2/h3-10,23H,11H2,1-2H3,(H,24,29)(H,26,27). The van der Waals surface area contributed by atoms with Gasteiger partial charge in [0.1, 0.15) is 11.2 Å². The van der Waals surface area contributed by atoms with Crippen molar-refractivity contribution in [2.75, 3.05) is 18.2 Å². The van der Waals surface area contributed by atoms with E-state index in [0.29, 0.717) is 27.6 Å². The number of thioether (sulfide) groups is 1. The zero-order valence-corrected chi connectivity index (χ0v) is 19.2. The Morgan fingerprint density at radius 3 is 2.74 bits per heavy atom. The fourth-order valence-corrected chi connectivity index (χ4v) is 4.19. The number of hydrogen-bond acceptors (Lipinski definition) is 6. The summed E-state index contributed by atoms with van der Waals surface area (Å²) in [5.74, 6) is 0.491. The average molecular weight is 499 g/mol. The molecule has 0 fully saturated rings. The molecule has 0 unspecified atom stereocenters. The summed E-state index contributed by atoms with van der Waals surface area (Å²) in [6.45, 7) is 1.86. The molecule has 4 aromatic rings. The molecule has 1 amide bonds. The van der Waals surface area contributed by atoms with E-state index in [9.17, 15) is 4.79 Å². The number of ether oxygens (including phenoxy) is 1. The average Bonchev–Trinajstić information content (AvgIpc) is 3.14. The summed E-state index contributed by atoms with van der Waals surface area (Å²) in [6.07, 6.45) is 0. The molecule has 10 heteroatoms. The summed E-state index contributed by atoms with van der Waals surface area (Å²) >= 11 is 4.68. The van der Waals surface area contributed by atoms with Crippen LogP contribution in [0.2, 0.25) is 0 Å². The second-order valence-corrected chi connectivity index (χ2v) is 8.50. The number of amides is 1. The first kappa shape index (κ1) is 21.1. The fourth-order valence-electron chi connectivity index (χ4n) is 3.12. The maximum atomic E-state index is 12.6. The van der Waals surface area contributed by atoms with E-state index in [2.05, 4.69) is 36.4 Å². The molecule has 0 aliphatic rings. The van der Waals surface area contributed by atoms with Gasteiger partial charge in [0.15, 0.2) is 10.8 Å². The van der Waals surface area contributed by atoms with Gasteiger partial charge in [-0.2, -0.15) is 5.10 Å². The van der Waals surface area contributed by atoms with E-state index in [-0.39, 0.29) is 17.1 Å². The molecule has 3 N–H and O–H groups in total.